The molecule has 0 aliphatic rings. The molecule has 0 aliphatic heterocycles. The summed E-state index contributed by atoms with van der Waals surface area (Å²) in [5.74, 6) is 1.54. The van der Waals surface area contributed by atoms with E-state index in [0.29, 0.717) is 29.5 Å². The molecule has 6 heteroatoms. The van der Waals surface area contributed by atoms with Crippen LogP contribution in [-0.4, -0.2) is 37.2 Å². The van der Waals surface area contributed by atoms with Crippen LogP contribution in [0.2, 0.25) is 0 Å². The van der Waals surface area contributed by atoms with Crippen LogP contribution in [0, 0.1) is 0 Å². The molecule has 1 aromatic carbocycles. The van der Waals surface area contributed by atoms with Gasteiger partial charge in [0, 0.05) is 24.1 Å². The van der Waals surface area contributed by atoms with E-state index in [4.69, 9.17) is 26.2 Å². The van der Waals surface area contributed by atoms with Crippen LogP contribution in [0.15, 0.2) is 18.2 Å². The summed E-state index contributed by atoms with van der Waals surface area (Å²) in [7, 11) is 1.53. The molecule has 0 aromatic heterocycles. The molecule has 0 radical (unpaired) electrons. The lowest BCUT2D eigenvalue weighted by molar-refractivity contribution is -0.116. The van der Waals surface area contributed by atoms with Crippen LogP contribution >= 0.6 is 11.6 Å². The molecule has 0 heterocycles. The number of aliphatic hydroxyl groups excluding tert-OH is 1. The Balaban J connectivity index is 2.63. The molecule has 0 bridgehead atoms. The van der Waals surface area contributed by atoms with E-state index in [-0.39, 0.29) is 19.1 Å². The Bertz CT molecular complexity index is 426. The van der Waals surface area contributed by atoms with Crippen LogP contribution < -0.4 is 14.8 Å². The van der Waals surface area contributed by atoms with Gasteiger partial charge in [0.1, 0.15) is 6.61 Å². The van der Waals surface area contributed by atoms with Crippen molar-refractivity contribution in [2.24, 2.45) is 0 Å². The highest BCUT2D eigenvalue weighted by atomic mass is 35.5. The fraction of sp³-hybridized carbons (Fsp3) is 0.500. The van der Waals surface area contributed by atoms with Gasteiger partial charge in [-0.1, -0.05) is 0 Å². The lowest BCUT2D eigenvalue weighted by Gasteiger charge is -2.12. The van der Waals surface area contributed by atoms with Crippen LogP contribution in [0.25, 0.3) is 0 Å². The van der Waals surface area contributed by atoms with Gasteiger partial charge in [-0.05, 0) is 25.0 Å². The summed E-state index contributed by atoms with van der Waals surface area (Å²) in [5, 5.41) is 11.6. The number of hydrogen-bond donors (Lipinski definition) is 2. The second kappa shape index (κ2) is 9.44. The molecule has 0 aliphatic carbocycles. The van der Waals surface area contributed by atoms with Gasteiger partial charge in [0.25, 0.3) is 0 Å². The lowest BCUT2D eigenvalue weighted by atomic mass is 10.2. The standard InChI is InChI=1S/C14H20ClNO4/c1-19-12-6-5-11(10-13(12)20-9-8-17)16-14(18)4-2-3-7-15/h5-6,10,17H,2-4,7-9H2,1H3,(H,16,18). The van der Waals surface area contributed by atoms with E-state index in [1.807, 2.05) is 0 Å². The molecule has 0 fully saturated rings. The number of nitrogens with one attached hydrogen (secondary N) is 1. The summed E-state index contributed by atoms with van der Waals surface area (Å²) >= 11 is 5.57. The van der Waals surface area contributed by atoms with Crippen LogP contribution in [0.5, 0.6) is 11.5 Å². The van der Waals surface area contributed by atoms with Gasteiger partial charge < -0.3 is 19.9 Å². The number of carbonyl (C=O) groups excluding carboxylic acids is 1. The largest absolute Gasteiger partial charge is 0.493 e. The van der Waals surface area contributed by atoms with E-state index < -0.39 is 0 Å². The number of anilines is 1. The number of carbonyl (C=O) groups is 1. The number of unbranched alkanes of at least 4 members (excludes halogenated alkanes) is 1. The Morgan fingerprint density at radius 1 is 1.35 bits per heavy atom. The normalized spacial score (nSPS) is 10.2. The number of hydrogen-bond acceptors (Lipinski definition) is 4. The van der Waals surface area contributed by atoms with Gasteiger partial charge in [0.15, 0.2) is 11.5 Å². The predicted octanol–water partition coefficient (Wildman–Crippen LogP) is 2.41. The summed E-state index contributed by atoms with van der Waals surface area (Å²) in [6.45, 7) is 0.0850. The van der Waals surface area contributed by atoms with Crippen LogP contribution in [-0.2, 0) is 4.79 Å². The van der Waals surface area contributed by atoms with Gasteiger partial charge in [-0.3, -0.25) is 4.79 Å². The number of amides is 1. The van der Waals surface area contributed by atoms with Gasteiger partial charge in [-0.15, -0.1) is 11.6 Å². The third-order valence-electron chi connectivity index (χ3n) is 2.58. The van der Waals surface area contributed by atoms with E-state index in [9.17, 15) is 4.79 Å². The molecular weight excluding hydrogens is 282 g/mol. The number of rotatable bonds is 9. The number of halogens is 1. The maximum absolute atomic E-state index is 11.7. The van der Waals surface area contributed by atoms with Crippen molar-refractivity contribution >= 4 is 23.2 Å². The zero-order valence-electron chi connectivity index (χ0n) is 11.5. The van der Waals surface area contributed by atoms with Crippen LogP contribution in [0.4, 0.5) is 5.69 Å². The van der Waals surface area contributed by atoms with E-state index >= 15 is 0 Å². The average molecular weight is 302 g/mol. The van der Waals surface area contributed by atoms with E-state index in [2.05, 4.69) is 5.32 Å². The molecule has 1 rings (SSSR count). The third-order valence-corrected chi connectivity index (χ3v) is 2.85. The van der Waals surface area contributed by atoms with Crippen molar-refractivity contribution in [2.45, 2.75) is 19.3 Å². The Labute approximate surface area is 123 Å². The van der Waals surface area contributed by atoms with Crippen molar-refractivity contribution in [3.05, 3.63) is 18.2 Å². The lowest BCUT2D eigenvalue weighted by Crippen LogP contribution is -2.11. The van der Waals surface area contributed by atoms with Crippen molar-refractivity contribution in [1.82, 2.24) is 0 Å². The quantitative estimate of drug-likeness (QED) is 0.543. The predicted molar refractivity (Wildman–Crippen MR) is 78.8 cm³/mol. The van der Waals surface area contributed by atoms with Gasteiger partial charge in [-0.25, -0.2) is 0 Å². The van der Waals surface area contributed by atoms with Gasteiger partial charge in [-0.2, -0.15) is 0 Å². The summed E-state index contributed by atoms with van der Waals surface area (Å²) < 4.78 is 10.5. The molecule has 0 spiro atoms. The zero-order valence-corrected chi connectivity index (χ0v) is 12.3. The minimum absolute atomic E-state index is 0.0617. The maximum atomic E-state index is 11.7. The highest BCUT2D eigenvalue weighted by Gasteiger charge is 2.08. The first-order valence-corrected chi connectivity index (χ1v) is 7.02. The maximum Gasteiger partial charge on any atom is 0.224 e. The second-order valence-electron chi connectivity index (χ2n) is 4.13. The van der Waals surface area contributed by atoms with Crippen LogP contribution in [0.1, 0.15) is 19.3 Å². The van der Waals surface area contributed by atoms with E-state index in [1.165, 1.54) is 7.11 Å². The van der Waals surface area contributed by atoms with E-state index in [1.54, 1.807) is 18.2 Å². The molecule has 2 N–H and O–H groups in total. The summed E-state index contributed by atoms with van der Waals surface area (Å²) in [6, 6.07) is 5.12. The molecule has 0 atom stereocenters. The second-order valence-corrected chi connectivity index (χ2v) is 4.51. The minimum atomic E-state index is -0.0852. The zero-order chi connectivity index (χ0) is 14.8. The molecular formula is C14H20ClNO4. The number of methoxy groups -OCH3 is 1. The number of ether oxygens (including phenoxy) is 2. The van der Waals surface area contributed by atoms with Gasteiger partial charge in [0.2, 0.25) is 5.91 Å². The molecule has 0 saturated heterocycles. The third kappa shape index (κ3) is 5.67. The van der Waals surface area contributed by atoms with Crippen LogP contribution in [0.3, 0.4) is 0 Å². The molecule has 5 nitrogen and oxygen atoms in total. The van der Waals surface area contributed by atoms with Crippen molar-refractivity contribution in [1.29, 1.82) is 0 Å². The molecule has 20 heavy (non-hydrogen) atoms. The Morgan fingerprint density at radius 2 is 2.15 bits per heavy atom. The molecule has 112 valence electrons. The summed E-state index contributed by atoms with van der Waals surface area (Å²) in [5.41, 5.74) is 0.634. The van der Waals surface area contributed by atoms with E-state index in [0.717, 1.165) is 12.8 Å². The van der Waals surface area contributed by atoms with Crippen molar-refractivity contribution < 1.29 is 19.4 Å². The van der Waals surface area contributed by atoms with Crippen molar-refractivity contribution in [3.63, 3.8) is 0 Å². The molecule has 0 saturated carbocycles. The highest BCUT2D eigenvalue weighted by Crippen LogP contribution is 2.30. The average Bonchev–Trinajstić information content (AvgIpc) is 2.45. The number of alkyl halides is 1. The fourth-order valence-corrected chi connectivity index (χ4v) is 1.82. The number of benzene rings is 1. The Kier molecular flexibility index (Phi) is 7.84. The highest BCUT2D eigenvalue weighted by molar-refractivity contribution is 6.17. The first-order valence-electron chi connectivity index (χ1n) is 6.48. The first-order chi connectivity index (χ1) is 9.71. The molecule has 0 unspecified atom stereocenters. The SMILES string of the molecule is COc1ccc(NC(=O)CCCCCl)cc1OCCO. The van der Waals surface area contributed by atoms with Crippen molar-refractivity contribution in [3.8, 4) is 11.5 Å². The number of aliphatic hydroxyl groups is 1. The molecule has 1 aromatic rings. The molecule has 1 amide bonds. The first kappa shape index (κ1) is 16.6. The van der Waals surface area contributed by atoms with Gasteiger partial charge >= 0.3 is 0 Å². The minimum Gasteiger partial charge on any atom is -0.493 e. The topological polar surface area (TPSA) is 67.8 Å². The Morgan fingerprint density at radius 3 is 2.80 bits per heavy atom. The smallest absolute Gasteiger partial charge is 0.224 e. The fourth-order valence-electron chi connectivity index (χ4n) is 1.63. The van der Waals surface area contributed by atoms with Gasteiger partial charge in [0.05, 0.1) is 13.7 Å². The van der Waals surface area contributed by atoms with Crippen molar-refractivity contribution in [2.75, 3.05) is 31.5 Å². The summed E-state index contributed by atoms with van der Waals surface area (Å²) in [6.07, 6.45) is 2.02. The Hall–Kier alpha value is -1.46. The summed E-state index contributed by atoms with van der Waals surface area (Å²) in [4.78, 5) is 11.7. The monoisotopic (exact) mass is 301 g/mol.